The minimum Gasteiger partial charge on any atom is -0.481 e. The molecule has 3 heterocycles. The molecule has 0 bridgehead atoms. The van der Waals surface area contributed by atoms with Gasteiger partial charge in [-0.15, -0.1) is 0 Å². The second-order valence-corrected chi connectivity index (χ2v) is 8.49. The van der Waals surface area contributed by atoms with Gasteiger partial charge < -0.3 is 10.0 Å². The Kier molecular flexibility index (Phi) is 4.63. The van der Waals surface area contributed by atoms with E-state index in [1.54, 1.807) is 6.33 Å². The fraction of sp³-hybridized carbons (Fsp3) is 0.750. The van der Waals surface area contributed by atoms with E-state index in [4.69, 9.17) is 0 Å². The summed E-state index contributed by atoms with van der Waals surface area (Å²) in [5.41, 5.74) is 1.36. The van der Waals surface area contributed by atoms with Gasteiger partial charge in [0.25, 0.3) is 0 Å². The highest BCUT2D eigenvalue weighted by molar-refractivity contribution is 5.77. The molecular weight excluding hydrogens is 328 g/mol. The van der Waals surface area contributed by atoms with E-state index in [0.717, 1.165) is 61.9 Å². The number of piperidine rings is 2. The van der Waals surface area contributed by atoms with Gasteiger partial charge in [0.1, 0.15) is 17.6 Å². The van der Waals surface area contributed by atoms with Crippen LogP contribution in [0.2, 0.25) is 0 Å². The number of likely N-dealkylation sites (tertiary alicyclic amines) is 1. The molecule has 6 heteroatoms. The SMILES string of the molecule is Cc1ncnc(N2CC[C@H]3N(CC4CCC4)CCC[C@]3(C(=O)O)C2)c1C. The van der Waals surface area contributed by atoms with Crippen molar-refractivity contribution in [1.29, 1.82) is 0 Å². The van der Waals surface area contributed by atoms with E-state index in [-0.39, 0.29) is 6.04 Å². The third-order valence-electron chi connectivity index (χ3n) is 7.04. The Bertz CT molecular complexity index is 690. The molecule has 0 spiro atoms. The number of aryl methyl sites for hydroxylation is 1. The summed E-state index contributed by atoms with van der Waals surface area (Å²) in [4.78, 5) is 25.9. The zero-order valence-electron chi connectivity index (χ0n) is 15.9. The van der Waals surface area contributed by atoms with E-state index < -0.39 is 11.4 Å². The number of anilines is 1. The Hall–Kier alpha value is -1.69. The molecule has 0 amide bonds. The summed E-state index contributed by atoms with van der Waals surface area (Å²) < 4.78 is 0. The first-order chi connectivity index (χ1) is 12.5. The molecule has 0 radical (unpaired) electrons. The predicted octanol–water partition coefficient (Wildman–Crippen LogP) is 2.64. The van der Waals surface area contributed by atoms with Crippen LogP contribution in [0.25, 0.3) is 0 Å². The van der Waals surface area contributed by atoms with Crippen LogP contribution in [-0.2, 0) is 4.79 Å². The molecule has 3 aliphatic rings. The largest absolute Gasteiger partial charge is 0.481 e. The number of aliphatic carboxylic acids is 1. The first-order valence-electron chi connectivity index (χ1n) is 10.0. The van der Waals surface area contributed by atoms with Gasteiger partial charge in [-0.1, -0.05) is 6.42 Å². The van der Waals surface area contributed by atoms with Crippen molar-refractivity contribution in [1.82, 2.24) is 14.9 Å². The molecule has 1 aromatic rings. The first-order valence-corrected chi connectivity index (χ1v) is 10.0. The predicted molar refractivity (Wildman–Crippen MR) is 100 cm³/mol. The third kappa shape index (κ3) is 2.88. The molecule has 2 saturated heterocycles. The molecule has 1 aromatic heterocycles. The molecule has 6 nitrogen and oxygen atoms in total. The molecule has 1 saturated carbocycles. The van der Waals surface area contributed by atoms with Crippen molar-refractivity contribution in [3.05, 3.63) is 17.6 Å². The van der Waals surface area contributed by atoms with Gasteiger partial charge in [-0.05, 0) is 58.4 Å². The topological polar surface area (TPSA) is 69.6 Å². The lowest BCUT2D eigenvalue weighted by molar-refractivity contribution is -0.158. The summed E-state index contributed by atoms with van der Waals surface area (Å²) in [5, 5.41) is 10.2. The van der Waals surface area contributed by atoms with Crippen LogP contribution < -0.4 is 4.90 Å². The summed E-state index contributed by atoms with van der Waals surface area (Å²) in [6.45, 7) is 7.60. The maximum absolute atomic E-state index is 12.5. The quantitative estimate of drug-likeness (QED) is 0.892. The number of carbonyl (C=O) groups is 1. The number of hydrogen-bond acceptors (Lipinski definition) is 5. The molecule has 26 heavy (non-hydrogen) atoms. The van der Waals surface area contributed by atoms with Crippen LogP contribution >= 0.6 is 0 Å². The minimum atomic E-state index is -0.675. The summed E-state index contributed by atoms with van der Waals surface area (Å²) in [6, 6.07) is 0.161. The molecule has 0 aromatic carbocycles. The lowest BCUT2D eigenvalue weighted by Crippen LogP contribution is -2.65. The van der Waals surface area contributed by atoms with E-state index in [2.05, 4.69) is 19.8 Å². The Balaban J connectivity index is 1.60. The summed E-state index contributed by atoms with van der Waals surface area (Å²) in [6.07, 6.45) is 8.22. The Morgan fingerprint density at radius 3 is 2.73 bits per heavy atom. The highest BCUT2D eigenvalue weighted by Crippen LogP contribution is 2.44. The molecule has 2 atom stereocenters. The molecular formula is C20H30N4O2. The van der Waals surface area contributed by atoms with Gasteiger partial charge in [0.2, 0.25) is 0 Å². The summed E-state index contributed by atoms with van der Waals surface area (Å²) in [5.74, 6) is 1.06. The monoisotopic (exact) mass is 358 g/mol. The minimum absolute atomic E-state index is 0.161. The average Bonchev–Trinajstić information content (AvgIpc) is 2.60. The maximum atomic E-state index is 12.5. The van der Waals surface area contributed by atoms with Crippen molar-refractivity contribution >= 4 is 11.8 Å². The van der Waals surface area contributed by atoms with Gasteiger partial charge in [0, 0.05) is 36.9 Å². The molecule has 3 fully saturated rings. The fourth-order valence-corrected chi connectivity index (χ4v) is 5.18. The zero-order valence-corrected chi connectivity index (χ0v) is 15.9. The van der Waals surface area contributed by atoms with Crippen molar-refractivity contribution < 1.29 is 9.90 Å². The van der Waals surface area contributed by atoms with Crippen molar-refractivity contribution in [2.75, 3.05) is 31.1 Å². The molecule has 4 rings (SSSR count). The van der Waals surface area contributed by atoms with E-state index in [0.29, 0.717) is 6.54 Å². The fourth-order valence-electron chi connectivity index (χ4n) is 5.18. The number of carboxylic acid groups (broad SMARTS) is 1. The van der Waals surface area contributed by atoms with Crippen LogP contribution in [0.1, 0.15) is 49.8 Å². The molecule has 1 aliphatic carbocycles. The lowest BCUT2D eigenvalue weighted by atomic mass is 9.68. The van der Waals surface area contributed by atoms with Crippen molar-refractivity contribution in [2.24, 2.45) is 11.3 Å². The summed E-state index contributed by atoms with van der Waals surface area (Å²) >= 11 is 0. The number of aromatic nitrogens is 2. The van der Waals surface area contributed by atoms with E-state index in [9.17, 15) is 9.90 Å². The van der Waals surface area contributed by atoms with E-state index in [1.165, 1.54) is 19.3 Å². The number of nitrogens with zero attached hydrogens (tertiary/aromatic N) is 4. The van der Waals surface area contributed by atoms with E-state index >= 15 is 0 Å². The number of fused-ring (bicyclic) bond motifs is 1. The van der Waals surface area contributed by atoms with Gasteiger partial charge >= 0.3 is 5.97 Å². The van der Waals surface area contributed by atoms with Gasteiger partial charge in [-0.3, -0.25) is 9.69 Å². The van der Waals surface area contributed by atoms with Gasteiger partial charge in [0.05, 0.1) is 0 Å². The molecule has 142 valence electrons. The van der Waals surface area contributed by atoms with Crippen LogP contribution in [0.3, 0.4) is 0 Å². The standard InChI is InChI=1S/C20H30N4O2/c1-14-15(2)21-13-22-18(14)24-10-7-17-20(12-24,19(25)26)8-4-9-23(17)11-16-5-3-6-16/h13,16-17H,3-12H2,1-2H3,(H,25,26)/t17-,20+/m1/s1. The summed E-state index contributed by atoms with van der Waals surface area (Å²) in [7, 11) is 0. The second kappa shape index (κ2) is 6.80. The number of rotatable bonds is 4. The van der Waals surface area contributed by atoms with Crippen molar-refractivity contribution in [3.8, 4) is 0 Å². The van der Waals surface area contributed by atoms with Crippen LogP contribution in [0, 0.1) is 25.2 Å². The number of carboxylic acids is 1. The molecule has 0 unspecified atom stereocenters. The van der Waals surface area contributed by atoms with Crippen LogP contribution in [0.15, 0.2) is 6.33 Å². The smallest absolute Gasteiger partial charge is 0.313 e. The third-order valence-corrected chi connectivity index (χ3v) is 7.04. The molecule has 2 aliphatic heterocycles. The van der Waals surface area contributed by atoms with Crippen LogP contribution in [0.4, 0.5) is 5.82 Å². The van der Waals surface area contributed by atoms with Crippen molar-refractivity contribution in [2.45, 2.75) is 58.4 Å². The number of hydrogen-bond donors (Lipinski definition) is 1. The van der Waals surface area contributed by atoms with Gasteiger partial charge in [-0.2, -0.15) is 0 Å². The van der Waals surface area contributed by atoms with Crippen LogP contribution in [0.5, 0.6) is 0 Å². The van der Waals surface area contributed by atoms with Crippen LogP contribution in [-0.4, -0.2) is 58.2 Å². The second-order valence-electron chi connectivity index (χ2n) is 8.49. The van der Waals surface area contributed by atoms with Gasteiger partial charge in [-0.25, -0.2) is 9.97 Å². The average molecular weight is 358 g/mol. The highest BCUT2D eigenvalue weighted by atomic mass is 16.4. The first kappa shape index (κ1) is 17.7. The maximum Gasteiger partial charge on any atom is 0.313 e. The van der Waals surface area contributed by atoms with Crippen molar-refractivity contribution in [3.63, 3.8) is 0 Å². The Morgan fingerprint density at radius 1 is 1.23 bits per heavy atom. The lowest BCUT2D eigenvalue weighted by Gasteiger charge is -2.54. The Morgan fingerprint density at radius 2 is 2.04 bits per heavy atom. The van der Waals surface area contributed by atoms with E-state index in [1.807, 2.05) is 13.8 Å². The van der Waals surface area contributed by atoms with Gasteiger partial charge in [0.15, 0.2) is 0 Å². The highest BCUT2D eigenvalue weighted by Gasteiger charge is 2.54. The molecule has 1 N–H and O–H groups in total. The normalized spacial score (nSPS) is 29.9. The Labute approximate surface area is 155 Å². The zero-order chi connectivity index (χ0) is 18.3.